The number of rotatable bonds is 4. The Balaban J connectivity index is 2.70. The summed E-state index contributed by atoms with van der Waals surface area (Å²) in [4.78, 5) is 2.54. The lowest BCUT2D eigenvalue weighted by atomic mass is 9.78. The molecule has 1 aliphatic carbocycles. The summed E-state index contributed by atoms with van der Waals surface area (Å²) in [6.07, 6.45) is 5.19. The van der Waals surface area contributed by atoms with E-state index in [1.807, 2.05) is 0 Å². The second-order valence-electron chi connectivity index (χ2n) is 6.13. The van der Waals surface area contributed by atoms with Crippen molar-refractivity contribution in [2.24, 2.45) is 11.1 Å². The van der Waals surface area contributed by atoms with Crippen LogP contribution in [0.4, 0.5) is 0 Å². The van der Waals surface area contributed by atoms with Gasteiger partial charge in [0.1, 0.15) is 0 Å². The van der Waals surface area contributed by atoms with Crippen LogP contribution >= 0.6 is 0 Å². The maximum atomic E-state index is 6.28. The standard InChI is InChI=1S/C13H28N2/c1-6-11(14)12(13(2,3)4)15(5)10-8-7-9-10/h10-12H,6-9,14H2,1-5H3. The van der Waals surface area contributed by atoms with Crippen LogP contribution in [0.2, 0.25) is 0 Å². The van der Waals surface area contributed by atoms with Crippen molar-refractivity contribution in [3.63, 3.8) is 0 Å². The molecule has 0 aromatic rings. The van der Waals surface area contributed by atoms with Gasteiger partial charge in [-0.1, -0.05) is 34.1 Å². The molecule has 2 atom stereocenters. The fourth-order valence-electron chi connectivity index (χ4n) is 2.80. The van der Waals surface area contributed by atoms with Gasteiger partial charge >= 0.3 is 0 Å². The van der Waals surface area contributed by atoms with Gasteiger partial charge in [-0.25, -0.2) is 0 Å². The van der Waals surface area contributed by atoms with Crippen LogP contribution in [0.1, 0.15) is 53.4 Å². The molecule has 0 bridgehead atoms. The Hall–Kier alpha value is -0.0800. The lowest BCUT2D eigenvalue weighted by Gasteiger charge is -2.47. The molecule has 0 amide bonds. The number of hydrogen-bond donors (Lipinski definition) is 1. The quantitative estimate of drug-likeness (QED) is 0.776. The molecular weight excluding hydrogens is 184 g/mol. The normalized spacial score (nSPS) is 22.6. The smallest absolute Gasteiger partial charge is 0.0295 e. The molecule has 0 aliphatic heterocycles. The van der Waals surface area contributed by atoms with Crippen molar-refractivity contribution < 1.29 is 0 Å². The van der Waals surface area contributed by atoms with E-state index in [-0.39, 0.29) is 5.41 Å². The second-order valence-corrected chi connectivity index (χ2v) is 6.13. The van der Waals surface area contributed by atoms with Crippen molar-refractivity contribution in [1.29, 1.82) is 0 Å². The third-order valence-corrected chi connectivity index (χ3v) is 3.85. The van der Waals surface area contributed by atoms with Crippen LogP contribution < -0.4 is 5.73 Å². The lowest BCUT2D eigenvalue weighted by Crippen LogP contribution is -2.57. The van der Waals surface area contributed by atoms with Gasteiger partial charge in [-0.3, -0.25) is 4.90 Å². The Kier molecular flexibility index (Phi) is 4.19. The van der Waals surface area contributed by atoms with Crippen molar-refractivity contribution in [3.8, 4) is 0 Å². The van der Waals surface area contributed by atoms with E-state index in [0.29, 0.717) is 12.1 Å². The van der Waals surface area contributed by atoms with Gasteiger partial charge in [-0.05, 0) is 31.7 Å². The summed E-state index contributed by atoms with van der Waals surface area (Å²) in [6.45, 7) is 9.12. The Bertz CT molecular complexity index is 191. The van der Waals surface area contributed by atoms with Crippen molar-refractivity contribution in [2.75, 3.05) is 7.05 Å². The first kappa shape index (κ1) is 13.0. The molecule has 0 aromatic carbocycles. The summed E-state index contributed by atoms with van der Waals surface area (Å²) in [6, 6.07) is 1.59. The van der Waals surface area contributed by atoms with E-state index < -0.39 is 0 Å². The molecule has 0 heterocycles. The third kappa shape index (κ3) is 2.94. The topological polar surface area (TPSA) is 29.3 Å². The first-order valence-electron chi connectivity index (χ1n) is 6.35. The maximum Gasteiger partial charge on any atom is 0.0295 e. The number of likely N-dealkylation sites (N-methyl/N-ethyl adjacent to an activating group) is 1. The highest BCUT2D eigenvalue weighted by Crippen LogP contribution is 2.33. The minimum atomic E-state index is 0.278. The fourth-order valence-corrected chi connectivity index (χ4v) is 2.80. The highest BCUT2D eigenvalue weighted by molar-refractivity contribution is 4.93. The van der Waals surface area contributed by atoms with E-state index >= 15 is 0 Å². The lowest BCUT2D eigenvalue weighted by molar-refractivity contribution is 0.0322. The third-order valence-electron chi connectivity index (χ3n) is 3.85. The van der Waals surface area contributed by atoms with Gasteiger partial charge in [0, 0.05) is 18.1 Å². The number of hydrogen-bond acceptors (Lipinski definition) is 2. The van der Waals surface area contributed by atoms with E-state index in [4.69, 9.17) is 5.73 Å². The van der Waals surface area contributed by atoms with Crippen LogP contribution in [-0.4, -0.2) is 30.1 Å². The molecule has 0 radical (unpaired) electrons. The Morgan fingerprint density at radius 2 is 1.87 bits per heavy atom. The minimum absolute atomic E-state index is 0.278. The fraction of sp³-hybridized carbons (Fsp3) is 1.00. The summed E-state index contributed by atoms with van der Waals surface area (Å²) in [5.74, 6) is 0. The van der Waals surface area contributed by atoms with Crippen LogP contribution in [0.15, 0.2) is 0 Å². The highest BCUT2D eigenvalue weighted by Gasteiger charge is 2.37. The largest absolute Gasteiger partial charge is 0.326 e. The molecule has 0 aromatic heterocycles. The number of nitrogens with two attached hydrogens (primary N) is 1. The summed E-state index contributed by atoms with van der Waals surface area (Å²) in [5.41, 5.74) is 6.56. The van der Waals surface area contributed by atoms with Gasteiger partial charge in [0.05, 0.1) is 0 Å². The zero-order valence-electron chi connectivity index (χ0n) is 11.1. The van der Waals surface area contributed by atoms with Crippen molar-refractivity contribution >= 4 is 0 Å². The summed E-state index contributed by atoms with van der Waals surface area (Å²) >= 11 is 0. The van der Waals surface area contributed by atoms with Crippen LogP contribution in [0.3, 0.4) is 0 Å². The maximum absolute atomic E-state index is 6.28. The zero-order valence-corrected chi connectivity index (χ0v) is 11.1. The predicted octanol–water partition coefficient (Wildman–Crippen LogP) is 2.62. The zero-order chi connectivity index (χ0) is 11.6. The summed E-state index contributed by atoms with van der Waals surface area (Å²) < 4.78 is 0. The molecule has 2 nitrogen and oxygen atoms in total. The SMILES string of the molecule is CCC(N)C(N(C)C1CCC1)C(C)(C)C. The first-order chi connectivity index (χ1) is 6.88. The van der Waals surface area contributed by atoms with Crippen LogP contribution in [0, 0.1) is 5.41 Å². The van der Waals surface area contributed by atoms with Crippen LogP contribution in [0.25, 0.3) is 0 Å². The van der Waals surface area contributed by atoms with Crippen molar-refractivity contribution in [1.82, 2.24) is 4.90 Å². The van der Waals surface area contributed by atoms with Gasteiger partial charge in [0.2, 0.25) is 0 Å². The van der Waals surface area contributed by atoms with E-state index in [9.17, 15) is 0 Å². The molecule has 1 saturated carbocycles. The highest BCUT2D eigenvalue weighted by atomic mass is 15.2. The van der Waals surface area contributed by atoms with Crippen LogP contribution in [0.5, 0.6) is 0 Å². The van der Waals surface area contributed by atoms with Gasteiger partial charge in [-0.15, -0.1) is 0 Å². The molecule has 90 valence electrons. The predicted molar refractivity (Wildman–Crippen MR) is 66.9 cm³/mol. The van der Waals surface area contributed by atoms with Gasteiger partial charge < -0.3 is 5.73 Å². The number of nitrogens with zero attached hydrogens (tertiary/aromatic N) is 1. The Morgan fingerprint density at radius 1 is 1.33 bits per heavy atom. The van der Waals surface area contributed by atoms with E-state index in [2.05, 4.69) is 39.6 Å². The molecule has 0 saturated heterocycles. The molecule has 1 rings (SSSR count). The Labute approximate surface area is 95.2 Å². The van der Waals surface area contributed by atoms with Gasteiger partial charge in [0.25, 0.3) is 0 Å². The molecule has 2 unspecified atom stereocenters. The Morgan fingerprint density at radius 3 is 2.13 bits per heavy atom. The van der Waals surface area contributed by atoms with Crippen molar-refractivity contribution in [3.05, 3.63) is 0 Å². The van der Waals surface area contributed by atoms with Gasteiger partial charge in [0.15, 0.2) is 0 Å². The second kappa shape index (κ2) is 4.84. The van der Waals surface area contributed by atoms with E-state index in [0.717, 1.165) is 12.5 Å². The first-order valence-corrected chi connectivity index (χ1v) is 6.35. The summed E-state index contributed by atoms with van der Waals surface area (Å²) in [5, 5.41) is 0. The molecule has 15 heavy (non-hydrogen) atoms. The molecule has 2 N–H and O–H groups in total. The average molecular weight is 212 g/mol. The van der Waals surface area contributed by atoms with Crippen LogP contribution in [-0.2, 0) is 0 Å². The molecule has 2 heteroatoms. The monoisotopic (exact) mass is 212 g/mol. The van der Waals surface area contributed by atoms with Crippen molar-refractivity contribution in [2.45, 2.75) is 71.5 Å². The molecule has 1 aliphatic rings. The molecule has 1 fully saturated rings. The minimum Gasteiger partial charge on any atom is -0.326 e. The van der Waals surface area contributed by atoms with E-state index in [1.54, 1.807) is 0 Å². The molecular formula is C13H28N2. The average Bonchev–Trinajstić information content (AvgIpc) is 1.97. The molecule has 0 spiro atoms. The summed E-state index contributed by atoms with van der Waals surface area (Å²) in [7, 11) is 2.26. The van der Waals surface area contributed by atoms with Gasteiger partial charge in [-0.2, -0.15) is 0 Å². The van der Waals surface area contributed by atoms with E-state index in [1.165, 1.54) is 19.3 Å².